The van der Waals surface area contributed by atoms with E-state index >= 15 is 0 Å². The molecule has 0 atom stereocenters. The van der Waals surface area contributed by atoms with Crippen molar-refractivity contribution in [1.29, 1.82) is 5.26 Å². The number of hydrogen-bond acceptors (Lipinski definition) is 4. The molecule has 0 saturated carbocycles. The van der Waals surface area contributed by atoms with Gasteiger partial charge in [0.2, 0.25) is 10.0 Å². The Balaban J connectivity index is 1.88. The summed E-state index contributed by atoms with van der Waals surface area (Å²) < 4.78 is 22.5. The first-order valence-corrected chi connectivity index (χ1v) is 9.47. The number of sulfonamides is 1. The third-order valence-electron chi connectivity index (χ3n) is 3.93. The molecule has 0 fully saturated rings. The Morgan fingerprint density at radius 3 is 2.33 bits per heavy atom. The molecule has 0 heterocycles. The first-order valence-electron chi connectivity index (χ1n) is 7.92. The second-order valence-electron chi connectivity index (χ2n) is 5.76. The van der Waals surface area contributed by atoms with E-state index in [1.54, 1.807) is 0 Å². The van der Waals surface area contributed by atoms with E-state index < -0.39 is 15.9 Å². The van der Waals surface area contributed by atoms with Crippen molar-refractivity contribution >= 4 is 38.5 Å². The molecule has 0 aromatic heterocycles. The molecule has 3 N–H and O–H groups in total. The largest absolute Gasteiger partial charge is 0.321 e. The number of carbonyl (C=O) groups is 1. The summed E-state index contributed by atoms with van der Waals surface area (Å²) in [6.07, 6.45) is 1.52. The van der Waals surface area contributed by atoms with Gasteiger partial charge in [0.15, 0.2) is 0 Å². The molecule has 0 aliphatic heterocycles. The van der Waals surface area contributed by atoms with E-state index in [1.807, 2.05) is 48.5 Å². The zero-order chi connectivity index (χ0) is 19.4. The van der Waals surface area contributed by atoms with Crippen LogP contribution in [0.3, 0.4) is 0 Å². The number of carbonyl (C=O) groups excluding carboxylic acids is 1. The van der Waals surface area contributed by atoms with Gasteiger partial charge in [0.1, 0.15) is 11.6 Å². The van der Waals surface area contributed by atoms with Crippen LogP contribution in [0.4, 0.5) is 5.69 Å². The maximum absolute atomic E-state index is 12.4. The van der Waals surface area contributed by atoms with Crippen LogP contribution in [0.5, 0.6) is 0 Å². The van der Waals surface area contributed by atoms with Crippen LogP contribution in [0.2, 0.25) is 0 Å². The quantitative estimate of drug-likeness (QED) is 0.537. The minimum Gasteiger partial charge on any atom is -0.321 e. The van der Waals surface area contributed by atoms with Crippen molar-refractivity contribution < 1.29 is 13.2 Å². The average Bonchev–Trinajstić information content (AvgIpc) is 2.65. The summed E-state index contributed by atoms with van der Waals surface area (Å²) in [6.45, 7) is 0. The average molecular weight is 377 g/mol. The predicted octanol–water partition coefficient (Wildman–Crippen LogP) is 3.03. The number of rotatable bonds is 4. The Bertz CT molecular complexity index is 1190. The van der Waals surface area contributed by atoms with Gasteiger partial charge in [-0.25, -0.2) is 13.6 Å². The fourth-order valence-electron chi connectivity index (χ4n) is 2.61. The molecular weight excluding hydrogens is 362 g/mol. The summed E-state index contributed by atoms with van der Waals surface area (Å²) >= 11 is 0. The zero-order valence-corrected chi connectivity index (χ0v) is 14.9. The van der Waals surface area contributed by atoms with Crippen molar-refractivity contribution in [3.63, 3.8) is 0 Å². The number of benzene rings is 3. The molecule has 0 bridgehead atoms. The molecule has 27 heavy (non-hydrogen) atoms. The number of hydrogen-bond donors (Lipinski definition) is 2. The standard InChI is InChI=1S/C20H15N3O3S/c21-13-16(12-15-6-3-5-14-4-1-2-7-19(14)15)20(24)23-17-8-10-18(11-9-17)27(22,25)26/h1-12H,(H,23,24)(H2,22,25,26). The third kappa shape index (κ3) is 4.20. The topological polar surface area (TPSA) is 113 Å². The molecule has 134 valence electrons. The van der Waals surface area contributed by atoms with Crippen LogP contribution >= 0.6 is 0 Å². The van der Waals surface area contributed by atoms with E-state index in [1.165, 1.54) is 30.3 Å². The molecule has 0 aliphatic carbocycles. The van der Waals surface area contributed by atoms with E-state index in [-0.39, 0.29) is 10.5 Å². The molecule has 0 radical (unpaired) electrons. The summed E-state index contributed by atoms with van der Waals surface area (Å²) in [5.41, 5.74) is 1.04. The number of nitriles is 1. The lowest BCUT2D eigenvalue weighted by atomic mass is 10.0. The Morgan fingerprint density at radius 2 is 1.67 bits per heavy atom. The summed E-state index contributed by atoms with van der Waals surface area (Å²) in [5, 5.41) is 18.9. The summed E-state index contributed by atoms with van der Waals surface area (Å²) in [4.78, 5) is 12.4. The van der Waals surface area contributed by atoms with Crippen molar-refractivity contribution in [1.82, 2.24) is 0 Å². The molecule has 0 aliphatic rings. The van der Waals surface area contributed by atoms with Gasteiger partial charge in [0.05, 0.1) is 4.90 Å². The second kappa shape index (κ2) is 7.41. The number of amides is 1. The van der Waals surface area contributed by atoms with Crippen molar-refractivity contribution in [2.45, 2.75) is 4.90 Å². The minimum atomic E-state index is -3.81. The highest BCUT2D eigenvalue weighted by molar-refractivity contribution is 7.89. The lowest BCUT2D eigenvalue weighted by molar-refractivity contribution is -0.112. The van der Waals surface area contributed by atoms with Crippen LogP contribution in [0.15, 0.2) is 77.2 Å². The van der Waals surface area contributed by atoms with Crippen molar-refractivity contribution in [3.8, 4) is 6.07 Å². The number of nitrogens with two attached hydrogens (primary N) is 1. The van der Waals surface area contributed by atoms with Gasteiger partial charge in [-0.15, -0.1) is 0 Å². The monoisotopic (exact) mass is 377 g/mol. The molecule has 3 aromatic carbocycles. The lowest BCUT2D eigenvalue weighted by Crippen LogP contribution is -2.14. The highest BCUT2D eigenvalue weighted by Gasteiger charge is 2.12. The number of nitrogens with one attached hydrogen (secondary N) is 1. The van der Waals surface area contributed by atoms with Crippen LogP contribution in [0.1, 0.15) is 5.56 Å². The van der Waals surface area contributed by atoms with Crippen LogP contribution in [0, 0.1) is 11.3 Å². The predicted molar refractivity (Wildman–Crippen MR) is 104 cm³/mol. The van der Waals surface area contributed by atoms with Crippen molar-refractivity contribution in [2.24, 2.45) is 5.14 Å². The van der Waals surface area contributed by atoms with E-state index in [0.29, 0.717) is 5.69 Å². The summed E-state index contributed by atoms with van der Waals surface area (Å²) in [6, 6.07) is 20.6. The maximum Gasteiger partial charge on any atom is 0.266 e. The Morgan fingerprint density at radius 1 is 1.00 bits per heavy atom. The highest BCUT2D eigenvalue weighted by atomic mass is 32.2. The van der Waals surface area contributed by atoms with Gasteiger partial charge in [0, 0.05) is 5.69 Å². The van der Waals surface area contributed by atoms with Crippen LogP contribution in [0.25, 0.3) is 16.8 Å². The number of primary sulfonamides is 1. The molecule has 1 amide bonds. The van der Waals surface area contributed by atoms with Crippen molar-refractivity contribution in [3.05, 3.63) is 77.9 Å². The van der Waals surface area contributed by atoms with E-state index in [4.69, 9.17) is 5.14 Å². The van der Waals surface area contributed by atoms with E-state index in [0.717, 1.165) is 16.3 Å². The Hall–Kier alpha value is -3.47. The maximum atomic E-state index is 12.4. The lowest BCUT2D eigenvalue weighted by Gasteiger charge is -2.06. The molecular formula is C20H15N3O3S. The normalized spacial score (nSPS) is 11.8. The molecule has 3 aromatic rings. The fraction of sp³-hybridized carbons (Fsp3) is 0. The highest BCUT2D eigenvalue weighted by Crippen LogP contribution is 2.21. The van der Waals surface area contributed by atoms with E-state index in [9.17, 15) is 18.5 Å². The molecule has 0 unspecified atom stereocenters. The molecule has 0 saturated heterocycles. The van der Waals surface area contributed by atoms with Crippen LogP contribution in [-0.4, -0.2) is 14.3 Å². The first-order chi connectivity index (χ1) is 12.9. The molecule has 6 nitrogen and oxygen atoms in total. The van der Waals surface area contributed by atoms with Crippen LogP contribution in [-0.2, 0) is 14.8 Å². The van der Waals surface area contributed by atoms with Gasteiger partial charge < -0.3 is 5.32 Å². The van der Waals surface area contributed by atoms with Crippen LogP contribution < -0.4 is 10.5 Å². The second-order valence-corrected chi connectivity index (χ2v) is 7.32. The zero-order valence-electron chi connectivity index (χ0n) is 14.1. The summed E-state index contributed by atoms with van der Waals surface area (Å²) in [7, 11) is -3.81. The van der Waals surface area contributed by atoms with Gasteiger partial charge in [-0.3, -0.25) is 4.79 Å². The van der Waals surface area contributed by atoms with Gasteiger partial charge >= 0.3 is 0 Å². The summed E-state index contributed by atoms with van der Waals surface area (Å²) in [5.74, 6) is -0.589. The number of anilines is 1. The van der Waals surface area contributed by atoms with Gasteiger partial charge in [0.25, 0.3) is 5.91 Å². The molecule has 0 spiro atoms. The minimum absolute atomic E-state index is 0.0627. The third-order valence-corrected chi connectivity index (χ3v) is 4.86. The smallest absolute Gasteiger partial charge is 0.266 e. The van der Waals surface area contributed by atoms with Gasteiger partial charge in [-0.1, -0.05) is 42.5 Å². The SMILES string of the molecule is N#CC(=Cc1cccc2ccccc12)C(=O)Nc1ccc(S(N)(=O)=O)cc1. The van der Waals surface area contributed by atoms with E-state index in [2.05, 4.69) is 5.32 Å². The fourth-order valence-corrected chi connectivity index (χ4v) is 3.12. The Labute approximate surface area is 156 Å². The molecule has 7 heteroatoms. The first kappa shape index (κ1) is 18.3. The number of fused-ring (bicyclic) bond motifs is 1. The Kier molecular flexibility index (Phi) is 5.03. The number of nitrogens with zero attached hydrogens (tertiary/aromatic N) is 1. The van der Waals surface area contributed by atoms with Gasteiger partial charge in [-0.2, -0.15) is 5.26 Å². The van der Waals surface area contributed by atoms with Crippen molar-refractivity contribution in [2.75, 3.05) is 5.32 Å². The van der Waals surface area contributed by atoms with Gasteiger partial charge in [-0.05, 0) is 46.7 Å². The molecule has 3 rings (SSSR count).